The molecule has 144 valence electrons. The minimum absolute atomic E-state index is 0.199. The molecule has 0 saturated carbocycles. The first-order chi connectivity index (χ1) is 13.7. The standard InChI is InChI=1S/C20H20N4O3S/c1-26-15-6-4-5-14(13-15)18-21-20(28-23-18)22-19(25)16-7-2-3-8-17(16)24-9-11-27-12-10-24/h2-8,13H,9-12H2,1H3,(H,21,22,23,25). The van der Waals surface area contributed by atoms with Crippen LogP contribution >= 0.6 is 11.5 Å². The summed E-state index contributed by atoms with van der Waals surface area (Å²) in [5, 5.41) is 3.33. The average molecular weight is 396 g/mol. The maximum atomic E-state index is 12.9. The van der Waals surface area contributed by atoms with Crippen LogP contribution in [0.15, 0.2) is 48.5 Å². The van der Waals surface area contributed by atoms with Crippen LogP contribution in [0.1, 0.15) is 10.4 Å². The molecule has 1 N–H and O–H groups in total. The molecule has 2 heterocycles. The summed E-state index contributed by atoms with van der Waals surface area (Å²) >= 11 is 1.15. The van der Waals surface area contributed by atoms with Gasteiger partial charge in [-0.1, -0.05) is 24.3 Å². The molecule has 4 rings (SSSR count). The molecule has 1 aromatic heterocycles. The van der Waals surface area contributed by atoms with Gasteiger partial charge >= 0.3 is 0 Å². The summed E-state index contributed by atoms with van der Waals surface area (Å²) in [7, 11) is 1.62. The molecule has 0 aliphatic carbocycles. The molecule has 8 heteroatoms. The lowest BCUT2D eigenvalue weighted by molar-refractivity contribution is 0.102. The average Bonchev–Trinajstić information content (AvgIpc) is 3.23. The fourth-order valence-corrected chi connectivity index (χ4v) is 3.65. The summed E-state index contributed by atoms with van der Waals surface area (Å²) < 4.78 is 15.0. The summed E-state index contributed by atoms with van der Waals surface area (Å²) in [6.45, 7) is 2.86. The minimum Gasteiger partial charge on any atom is -0.497 e. The summed E-state index contributed by atoms with van der Waals surface area (Å²) in [5.41, 5.74) is 2.35. The third-order valence-corrected chi connectivity index (χ3v) is 5.11. The number of para-hydroxylation sites is 1. The molecular weight excluding hydrogens is 376 g/mol. The van der Waals surface area contributed by atoms with Gasteiger partial charge in [0, 0.05) is 35.9 Å². The van der Waals surface area contributed by atoms with E-state index < -0.39 is 0 Å². The van der Waals surface area contributed by atoms with Crippen molar-refractivity contribution in [2.75, 3.05) is 43.6 Å². The van der Waals surface area contributed by atoms with Crippen LogP contribution in [0.5, 0.6) is 5.75 Å². The van der Waals surface area contributed by atoms with E-state index >= 15 is 0 Å². The minimum atomic E-state index is -0.199. The van der Waals surface area contributed by atoms with Gasteiger partial charge < -0.3 is 14.4 Å². The Morgan fingerprint density at radius 3 is 2.82 bits per heavy atom. The highest BCUT2D eigenvalue weighted by molar-refractivity contribution is 7.10. The predicted octanol–water partition coefficient (Wildman–Crippen LogP) is 3.30. The van der Waals surface area contributed by atoms with Crippen LogP contribution in [0.2, 0.25) is 0 Å². The number of nitrogens with one attached hydrogen (secondary N) is 1. The zero-order valence-corrected chi connectivity index (χ0v) is 16.2. The first-order valence-electron chi connectivity index (χ1n) is 8.96. The number of carbonyl (C=O) groups excluding carboxylic acids is 1. The SMILES string of the molecule is COc1cccc(-c2nsc(NC(=O)c3ccccc3N3CCOCC3)n2)c1. The van der Waals surface area contributed by atoms with Crippen LogP contribution in [0.25, 0.3) is 11.4 Å². The molecule has 0 bridgehead atoms. The van der Waals surface area contributed by atoms with Crippen molar-refractivity contribution in [2.24, 2.45) is 0 Å². The summed E-state index contributed by atoms with van der Waals surface area (Å²) in [5.74, 6) is 1.09. The second-order valence-electron chi connectivity index (χ2n) is 6.23. The highest BCUT2D eigenvalue weighted by atomic mass is 32.1. The second-order valence-corrected chi connectivity index (χ2v) is 6.98. The van der Waals surface area contributed by atoms with Crippen molar-refractivity contribution in [1.82, 2.24) is 9.36 Å². The van der Waals surface area contributed by atoms with E-state index in [9.17, 15) is 4.79 Å². The Labute approximate surface area is 167 Å². The van der Waals surface area contributed by atoms with E-state index in [4.69, 9.17) is 9.47 Å². The lowest BCUT2D eigenvalue weighted by Gasteiger charge is -2.30. The van der Waals surface area contributed by atoms with Crippen LogP contribution in [0.4, 0.5) is 10.8 Å². The van der Waals surface area contributed by atoms with Gasteiger partial charge in [0.15, 0.2) is 5.82 Å². The fourth-order valence-electron chi connectivity index (χ4n) is 3.06. The maximum Gasteiger partial charge on any atom is 0.259 e. The molecule has 0 radical (unpaired) electrons. The van der Waals surface area contributed by atoms with Gasteiger partial charge in [0.05, 0.1) is 25.9 Å². The van der Waals surface area contributed by atoms with Crippen molar-refractivity contribution in [3.8, 4) is 17.1 Å². The molecule has 1 fully saturated rings. The Hall–Kier alpha value is -2.97. The molecule has 3 aromatic rings. The summed E-state index contributed by atoms with van der Waals surface area (Å²) in [6.07, 6.45) is 0. The zero-order valence-electron chi connectivity index (χ0n) is 15.4. The summed E-state index contributed by atoms with van der Waals surface area (Å²) in [6, 6.07) is 15.1. The highest BCUT2D eigenvalue weighted by Crippen LogP contribution is 2.26. The Bertz CT molecular complexity index is 969. The van der Waals surface area contributed by atoms with Crippen LogP contribution in [0.3, 0.4) is 0 Å². The van der Waals surface area contributed by atoms with Gasteiger partial charge in [-0.3, -0.25) is 10.1 Å². The van der Waals surface area contributed by atoms with Crippen molar-refractivity contribution >= 4 is 28.3 Å². The Balaban J connectivity index is 1.52. The van der Waals surface area contributed by atoms with Crippen LogP contribution < -0.4 is 15.0 Å². The zero-order chi connectivity index (χ0) is 19.3. The number of hydrogen-bond donors (Lipinski definition) is 1. The van der Waals surface area contributed by atoms with Crippen molar-refractivity contribution in [3.05, 3.63) is 54.1 Å². The van der Waals surface area contributed by atoms with E-state index in [0.29, 0.717) is 29.7 Å². The number of carbonyl (C=O) groups is 1. The Kier molecular flexibility index (Phi) is 5.50. The van der Waals surface area contributed by atoms with Gasteiger partial charge in [-0.2, -0.15) is 9.36 Å². The number of aromatic nitrogens is 2. The Morgan fingerprint density at radius 2 is 2.00 bits per heavy atom. The lowest BCUT2D eigenvalue weighted by atomic mass is 10.1. The van der Waals surface area contributed by atoms with Gasteiger partial charge in [-0.05, 0) is 24.3 Å². The molecule has 1 aliphatic heterocycles. The van der Waals surface area contributed by atoms with Crippen LogP contribution in [-0.4, -0.2) is 48.7 Å². The van der Waals surface area contributed by atoms with Gasteiger partial charge in [0.1, 0.15) is 5.75 Å². The number of amides is 1. The topological polar surface area (TPSA) is 76.6 Å². The van der Waals surface area contributed by atoms with Crippen molar-refractivity contribution in [3.63, 3.8) is 0 Å². The number of morpholine rings is 1. The largest absolute Gasteiger partial charge is 0.497 e. The number of nitrogens with zero attached hydrogens (tertiary/aromatic N) is 3. The first-order valence-corrected chi connectivity index (χ1v) is 9.73. The maximum absolute atomic E-state index is 12.9. The third kappa shape index (κ3) is 3.97. The monoisotopic (exact) mass is 396 g/mol. The van der Waals surface area contributed by atoms with Crippen molar-refractivity contribution < 1.29 is 14.3 Å². The fraction of sp³-hybridized carbons (Fsp3) is 0.250. The van der Waals surface area contributed by atoms with Gasteiger partial charge in [-0.25, -0.2) is 0 Å². The van der Waals surface area contributed by atoms with Gasteiger partial charge in [-0.15, -0.1) is 0 Å². The second kappa shape index (κ2) is 8.37. The number of hydrogen-bond acceptors (Lipinski definition) is 7. The molecule has 1 aliphatic rings. The smallest absolute Gasteiger partial charge is 0.259 e. The van der Waals surface area contributed by atoms with Gasteiger partial charge in [0.25, 0.3) is 5.91 Å². The predicted molar refractivity (Wildman–Crippen MR) is 109 cm³/mol. The lowest BCUT2D eigenvalue weighted by Crippen LogP contribution is -2.37. The van der Waals surface area contributed by atoms with E-state index in [0.717, 1.165) is 41.6 Å². The van der Waals surface area contributed by atoms with Crippen LogP contribution in [0, 0.1) is 0 Å². The number of anilines is 2. The first kappa shape index (κ1) is 18.4. The molecular formula is C20H20N4O3S. The number of benzene rings is 2. The number of rotatable bonds is 5. The highest BCUT2D eigenvalue weighted by Gasteiger charge is 2.19. The normalized spacial score (nSPS) is 14.0. The molecule has 0 atom stereocenters. The molecule has 1 saturated heterocycles. The van der Waals surface area contributed by atoms with E-state index in [1.807, 2.05) is 48.5 Å². The molecule has 7 nitrogen and oxygen atoms in total. The molecule has 0 unspecified atom stereocenters. The third-order valence-electron chi connectivity index (χ3n) is 4.47. The van der Waals surface area contributed by atoms with E-state index in [1.54, 1.807) is 7.11 Å². The molecule has 2 aromatic carbocycles. The van der Waals surface area contributed by atoms with Gasteiger partial charge in [0.2, 0.25) is 5.13 Å². The molecule has 1 amide bonds. The van der Waals surface area contributed by atoms with Crippen LogP contribution in [-0.2, 0) is 4.74 Å². The van der Waals surface area contributed by atoms with E-state index in [-0.39, 0.29) is 5.91 Å². The van der Waals surface area contributed by atoms with E-state index in [2.05, 4.69) is 19.6 Å². The van der Waals surface area contributed by atoms with Crippen molar-refractivity contribution in [2.45, 2.75) is 0 Å². The molecule has 0 spiro atoms. The van der Waals surface area contributed by atoms with Crippen molar-refractivity contribution in [1.29, 1.82) is 0 Å². The van der Waals surface area contributed by atoms with E-state index in [1.165, 1.54) is 0 Å². The molecule has 28 heavy (non-hydrogen) atoms. The number of ether oxygens (including phenoxy) is 2. The summed E-state index contributed by atoms with van der Waals surface area (Å²) in [4.78, 5) is 19.5. The Morgan fingerprint density at radius 1 is 1.18 bits per heavy atom. The quantitative estimate of drug-likeness (QED) is 0.713. The number of methoxy groups -OCH3 is 1.